The summed E-state index contributed by atoms with van der Waals surface area (Å²) in [5.74, 6) is 0. The number of rotatable bonds is 5. The number of hydrogen-bond donors (Lipinski definition) is 1. The molecule has 2 rings (SSSR count). The monoisotopic (exact) mass is 281 g/mol. The lowest BCUT2D eigenvalue weighted by Crippen LogP contribution is -2.32. The van der Waals surface area contributed by atoms with E-state index < -0.39 is 9.85 Å². The minimum Gasteiger partial charge on any atom is -0.373 e. The highest BCUT2D eigenvalue weighted by molar-refractivity contribution is 5.48. The Kier molecular flexibility index (Phi) is 4.59. The molecule has 0 saturated carbocycles. The summed E-state index contributed by atoms with van der Waals surface area (Å²) in [6.45, 7) is 1.83. The molecule has 0 spiro atoms. The van der Waals surface area contributed by atoms with E-state index in [2.05, 4.69) is 5.32 Å². The first-order valence-corrected chi connectivity index (χ1v) is 6.32. The summed E-state index contributed by atoms with van der Waals surface area (Å²) in [5.41, 5.74) is -0.199. The van der Waals surface area contributed by atoms with Gasteiger partial charge in [-0.25, -0.2) is 0 Å². The lowest BCUT2D eigenvalue weighted by atomic mass is 10.1. The van der Waals surface area contributed by atoms with Gasteiger partial charge in [0.05, 0.1) is 34.2 Å². The maximum absolute atomic E-state index is 11.0. The van der Waals surface area contributed by atoms with Crippen LogP contribution in [0.3, 0.4) is 0 Å². The van der Waals surface area contributed by atoms with Crippen molar-refractivity contribution in [3.63, 3.8) is 0 Å². The quantitative estimate of drug-likeness (QED) is 0.651. The van der Waals surface area contributed by atoms with E-state index in [9.17, 15) is 20.2 Å². The largest absolute Gasteiger partial charge is 0.373 e. The zero-order chi connectivity index (χ0) is 14.5. The first-order valence-electron chi connectivity index (χ1n) is 6.32. The molecule has 0 atom stereocenters. The highest BCUT2D eigenvalue weighted by Crippen LogP contribution is 2.26. The second-order valence-electron chi connectivity index (χ2n) is 4.59. The molecule has 1 heterocycles. The van der Waals surface area contributed by atoms with Crippen LogP contribution in [-0.2, 0) is 11.3 Å². The normalized spacial score (nSPS) is 16.0. The molecule has 0 radical (unpaired) electrons. The standard InChI is InChI=1S/C12H15N3O5/c16-14(17)10-2-1-9(12(7-10)15(18)19)8-20-11-3-5-13-6-4-11/h1-2,7,11,13H,3-6,8H2. The van der Waals surface area contributed by atoms with Gasteiger partial charge in [-0.1, -0.05) is 0 Å². The third-order valence-corrected chi connectivity index (χ3v) is 3.24. The Morgan fingerprint density at radius 2 is 1.90 bits per heavy atom. The molecule has 0 aromatic heterocycles. The molecule has 108 valence electrons. The fourth-order valence-electron chi connectivity index (χ4n) is 2.13. The van der Waals surface area contributed by atoms with Crippen LogP contribution in [0.4, 0.5) is 11.4 Å². The van der Waals surface area contributed by atoms with Crippen molar-refractivity contribution in [2.45, 2.75) is 25.6 Å². The van der Waals surface area contributed by atoms with E-state index >= 15 is 0 Å². The average Bonchev–Trinajstić information content (AvgIpc) is 2.45. The molecule has 0 amide bonds. The van der Waals surface area contributed by atoms with Gasteiger partial charge >= 0.3 is 0 Å². The fraction of sp³-hybridized carbons (Fsp3) is 0.500. The number of piperidine rings is 1. The molecule has 0 unspecified atom stereocenters. The molecule has 20 heavy (non-hydrogen) atoms. The molecule has 1 fully saturated rings. The van der Waals surface area contributed by atoms with Crippen LogP contribution in [0.2, 0.25) is 0 Å². The van der Waals surface area contributed by atoms with Crippen LogP contribution in [0.1, 0.15) is 18.4 Å². The second kappa shape index (κ2) is 6.40. The van der Waals surface area contributed by atoms with E-state index in [1.54, 1.807) is 0 Å². The Balaban J connectivity index is 2.09. The highest BCUT2D eigenvalue weighted by Gasteiger charge is 2.21. The zero-order valence-corrected chi connectivity index (χ0v) is 10.8. The summed E-state index contributed by atoms with van der Waals surface area (Å²) in [4.78, 5) is 20.3. The van der Waals surface area contributed by atoms with Crippen molar-refractivity contribution >= 4 is 11.4 Å². The topological polar surface area (TPSA) is 108 Å². The van der Waals surface area contributed by atoms with E-state index in [1.165, 1.54) is 12.1 Å². The van der Waals surface area contributed by atoms with Crippen molar-refractivity contribution in [3.8, 4) is 0 Å². The van der Waals surface area contributed by atoms with E-state index in [4.69, 9.17) is 4.74 Å². The molecule has 8 nitrogen and oxygen atoms in total. The number of hydrogen-bond acceptors (Lipinski definition) is 6. The van der Waals surface area contributed by atoms with Crippen molar-refractivity contribution in [2.24, 2.45) is 0 Å². The van der Waals surface area contributed by atoms with Crippen molar-refractivity contribution in [3.05, 3.63) is 44.0 Å². The summed E-state index contributed by atoms with van der Waals surface area (Å²) in [6.07, 6.45) is 1.80. The first-order chi connectivity index (χ1) is 9.58. The minimum absolute atomic E-state index is 0.0750. The lowest BCUT2D eigenvalue weighted by molar-refractivity contribution is -0.394. The van der Waals surface area contributed by atoms with Gasteiger partial charge in [-0.15, -0.1) is 0 Å². The lowest BCUT2D eigenvalue weighted by Gasteiger charge is -2.22. The number of benzene rings is 1. The van der Waals surface area contributed by atoms with Gasteiger partial charge in [0.15, 0.2) is 0 Å². The van der Waals surface area contributed by atoms with E-state index in [0.717, 1.165) is 32.0 Å². The Hall–Kier alpha value is -2.06. The molecule has 1 N–H and O–H groups in total. The third kappa shape index (κ3) is 3.49. The van der Waals surface area contributed by atoms with Gasteiger partial charge in [-0.2, -0.15) is 0 Å². The molecule has 0 bridgehead atoms. The predicted molar refractivity (Wildman–Crippen MR) is 70.4 cm³/mol. The van der Waals surface area contributed by atoms with Gasteiger partial charge in [0.1, 0.15) is 0 Å². The van der Waals surface area contributed by atoms with E-state index in [1.807, 2.05) is 0 Å². The summed E-state index contributed by atoms with van der Waals surface area (Å²) >= 11 is 0. The number of non-ortho nitro benzene ring substituents is 1. The molecular weight excluding hydrogens is 266 g/mol. The van der Waals surface area contributed by atoms with E-state index in [0.29, 0.717) is 5.56 Å². The average molecular weight is 281 g/mol. The van der Waals surface area contributed by atoms with Crippen LogP contribution >= 0.6 is 0 Å². The van der Waals surface area contributed by atoms with Gasteiger partial charge < -0.3 is 10.1 Å². The Morgan fingerprint density at radius 1 is 1.20 bits per heavy atom. The van der Waals surface area contributed by atoms with Crippen molar-refractivity contribution < 1.29 is 14.6 Å². The summed E-state index contributed by atoms with van der Waals surface area (Å²) in [5, 5.41) is 24.8. The maximum atomic E-state index is 11.0. The molecule has 1 aromatic carbocycles. The van der Waals surface area contributed by atoms with Gasteiger partial charge in [-0.05, 0) is 32.0 Å². The van der Waals surface area contributed by atoms with Gasteiger partial charge in [0.25, 0.3) is 11.4 Å². The molecular formula is C12H15N3O5. The summed E-state index contributed by atoms with van der Waals surface area (Å²) in [7, 11) is 0. The number of ether oxygens (including phenoxy) is 1. The first kappa shape index (κ1) is 14.4. The maximum Gasteiger partial charge on any atom is 0.281 e. The minimum atomic E-state index is -0.648. The van der Waals surface area contributed by atoms with Gasteiger partial charge in [-0.3, -0.25) is 20.2 Å². The van der Waals surface area contributed by atoms with Crippen LogP contribution < -0.4 is 5.32 Å². The number of nitrogens with zero attached hydrogens (tertiary/aromatic N) is 2. The molecule has 0 aliphatic carbocycles. The third-order valence-electron chi connectivity index (χ3n) is 3.24. The van der Waals surface area contributed by atoms with Crippen LogP contribution in [0.25, 0.3) is 0 Å². The van der Waals surface area contributed by atoms with Crippen molar-refractivity contribution in [2.75, 3.05) is 13.1 Å². The van der Waals surface area contributed by atoms with Crippen molar-refractivity contribution in [1.82, 2.24) is 5.32 Å². The molecule has 1 aliphatic heterocycles. The zero-order valence-electron chi connectivity index (χ0n) is 10.8. The predicted octanol–water partition coefficient (Wildman–Crippen LogP) is 1.77. The van der Waals surface area contributed by atoms with Gasteiger partial charge in [0.2, 0.25) is 0 Å². The number of nitrogens with one attached hydrogen (secondary N) is 1. The van der Waals surface area contributed by atoms with Gasteiger partial charge in [0, 0.05) is 6.07 Å². The molecule has 1 aliphatic rings. The van der Waals surface area contributed by atoms with E-state index in [-0.39, 0.29) is 24.1 Å². The number of nitro benzene ring substituents is 2. The number of nitro groups is 2. The smallest absolute Gasteiger partial charge is 0.281 e. The second-order valence-corrected chi connectivity index (χ2v) is 4.59. The van der Waals surface area contributed by atoms with Crippen LogP contribution in [-0.4, -0.2) is 29.0 Å². The molecule has 1 saturated heterocycles. The summed E-state index contributed by atoms with van der Waals surface area (Å²) in [6, 6.07) is 3.62. The highest BCUT2D eigenvalue weighted by atomic mass is 16.6. The summed E-state index contributed by atoms with van der Waals surface area (Å²) < 4.78 is 5.65. The van der Waals surface area contributed by atoms with Crippen LogP contribution in [0, 0.1) is 20.2 Å². The SMILES string of the molecule is O=[N+]([O-])c1ccc(COC2CCNCC2)c([N+](=O)[O-])c1. The Labute approximate surface area is 115 Å². The Bertz CT molecular complexity index is 514. The fourth-order valence-corrected chi connectivity index (χ4v) is 2.13. The van der Waals surface area contributed by atoms with Crippen LogP contribution in [0.15, 0.2) is 18.2 Å². The molecule has 8 heteroatoms. The Morgan fingerprint density at radius 3 is 2.50 bits per heavy atom. The van der Waals surface area contributed by atoms with Crippen LogP contribution in [0.5, 0.6) is 0 Å². The van der Waals surface area contributed by atoms with Crippen molar-refractivity contribution in [1.29, 1.82) is 0 Å². The molecule has 1 aromatic rings.